The molecule has 0 N–H and O–H groups in total. The molecule has 0 unspecified atom stereocenters. The van der Waals surface area contributed by atoms with Crippen LogP contribution in [-0.4, -0.2) is 11.1 Å². The summed E-state index contributed by atoms with van der Waals surface area (Å²) >= 11 is 6.19. The number of halogens is 1. The Morgan fingerprint density at radius 3 is 2.63 bits per heavy atom. The maximum absolute atomic E-state index is 6.19. The van der Waals surface area contributed by atoms with Crippen molar-refractivity contribution < 1.29 is 4.74 Å². The number of hydrogen-bond donors (Lipinski definition) is 0. The maximum atomic E-state index is 6.19. The highest BCUT2D eigenvalue weighted by Gasteiger charge is 2.25. The largest absolute Gasteiger partial charge is 0.488 e. The number of aromatic nitrogens is 1. The Morgan fingerprint density at radius 2 is 2.00 bits per heavy atom. The van der Waals surface area contributed by atoms with Crippen molar-refractivity contribution in [1.29, 1.82) is 0 Å². The van der Waals surface area contributed by atoms with E-state index in [9.17, 15) is 0 Å². The first-order chi connectivity index (χ1) is 9.04. The van der Waals surface area contributed by atoms with E-state index in [1.165, 1.54) is 5.56 Å². The van der Waals surface area contributed by atoms with Gasteiger partial charge in [0.1, 0.15) is 11.3 Å². The van der Waals surface area contributed by atoms with Gasteiger partial charge in [0.2, 0.25) is 0 Å². The van der Waals surface area contributed by atoms with E-state index in [2.05, 4.69) is 31.0 Å². The lowest BCUT2D eigenvalue weighted by molar-refractivity contribution is 0.306. The van der Waals surface area contributed by atoms with Crippen molar-refractivity contribution in [2.24, 2.45) is 0 Å². The molecule has 3 heteroatoms. The molecule has 19 heavy (non-hydrogen) atoms. The van der Waals surface area contributed by atoms with Gasteiger partial charge < -0.3 is 4.74 Å². The fourth-order valence-electron chi connectivity index (χ4n) is 2.13. The highest BCUT2D eigenvalue weighted by molar-refractivity contribution is 6.31. The van der Waals surface area contributed by atoms with Crippen molar-refractivity contribution in [3.63, 3.8) is 0 Å². The number of hydrogen-bond acceptors (Lipinski definition) is 2. The molecule has 0 atom stereocenters. The molecule has 0 bridgehead atoms. The van der Waals surface area contributed by atoms with Gasteiger partial charge >= 0.3 is 0 Å². The lowest BCUT2D eigenvalue weighted by atomic mass is 10.0. The first-order valence-corrected chi connectivity index (χ1v) is 7.20. The van der Waals surface area contributed by atoms with Gasteiger partial charge in [0, 0.05) is 5.39 Å². The van der Waals surface area contributed by atoms with Crippen molar-refractivity contribution in [1.82, 2.24) is 4.98 Å². The van der Waals surface area contributed by atoms with Crippen LogP contribution in [0.3, 0.4) is 0 Å². The zero-order chi connectivity index (χ0) is 13.6. The lowest BCUT2D eigenvalue weighted by Gasteiger charge is -2.13. The highest BCUT2D eigenvalue weighted by atomic mass is 35.5. The van der Waals surface area contributed by atoms with Gasteiger partial charge in [-0.2, -0.15) is 0 Å². The molecular formula is C16H18ClNO. The van der Waals surface area contributed by atoms with Crippen molar-refractivity contribution >= 4 is 22.5 Å². The number of rotatable bonds is 3. The summed E-state index contributed by atoms with van der Waals surface area (Å²) in [7, 11) is 0. The van der Waals surface area contributed by atoms with Crippen LogP contribution in [0.25, 0.3) is 10.9 Å². The van der Waals surface area contributed by atoms with Gasteiger partial charge in [-0.05, 0) is 49.4 Å². The first-order valence-electron chi connectivity index (χ1n) is 6.82. The molecule has 0 aliphatic heterocycles. The second-order valence-corrected chi connectivity index (χ2v) is 6.03. The zero-order valence-corrected chi connectivity index (χ0v) is 12.3. The second-order valence-electron chi connectivity index (χ2n) is 5.62. The molecule has 0 saturated heterocycles. The normalized spacial score (nSPS) is 15.2. The smallest absolute Gasteiger partial charge is 0.146 e. The van der Waals surface area contributed by atoms with Crippen molar-refractivity contribution in [3.05, 3.63) is 34.5 Å². The predicted octanol–water partition coefficient (Wildman–Crippen LogP) is 4.86. The van der Waals surface area contributed by atoms with Crippen LogP contribution in [0.2, 0.25) is 5.02 Å². The molecule has 1 aliphatic carbocycles. The van der Waals surface area contributed by atoms with Gasteiger partial charge in [-0.3, -0.25) is 0 Å². The summed E-state index contributed by atoms with van der Waals surface area (Å²) < 4.78 is 6.02. The molecule has 1 fully saturated rings. The Kier molecular flexibility index (Phi) is 3.14. The van der Waals surface area contributed by atoms with Crippen LogP contribution in [-0.2, 0) is 0 Å². The molecule has 1 aromatic heterocycles. The molecule has 0 spiro atoms. The van der Waals surface area contributed by atoms with E-state index in [4.69, 9.17) is 16.3 Å². The standard InChI is InChI=1S/C16H18ClNO/c1-9(2)11-6-12-7-14(17)10(3)18-16(12)15(8-11)19-13-4-5-13/h6-9,13H,4-5H2,1-3H3. The molecule has 1 saturated carbocycles. The Balaban J connectivity index is 2.20. The van der Waals surface area contributed by atoms with Crippen molar-refractivity contribution in [2.45, 2.75) is 45.6 Å². The Labute approximate surface area is 118 Å². The average molecular weight is 276 g/mol. The molecule has 1 aliphatic rings. The van der Waals surface area contributed by atoms with Gasteiger partial charge in [0.05, 0.1) is 16.8 Å². The van der Waals surface area contributed by atoms with E-state index in [0.29, 0.717) is 17.0 Å². The van der Waals surface area contributed by atoms with E-state index < -0.39 is 0 Å². The van der Waals surface area contributed by atoms with Crippen LogP contribution >= 0.6 is 11.6 Å². The van der Waals surface area contributed by atoms with Crippen LogP contribution in [0.4, 0.5) is 0 Å². The van der Waals surface area contributed by atoms with Crippen LogP contribution in [0.1, 0.15) is 43.9 Å². The predicted molar refractivity (Wildman–Crippen MR) is 79.2 cm³/mol. The fourth-order valence-corrected chi connectivity index (χ4v) is 2.29. The monoisotopic (exact) mass is 275 g/mol. The minimum absolute atomic E-state index is 0.378. The number of fused-ring (bicyclic) bond motifs is 1. The maximum Gasteiger partial charge on any atom is 0.146 e. The topological polar surface area (TPSA) is 22.1 Å². The number of pyridine rings is 1. The van der Waals surface area contributed by atoms with Crippen molar-refractivity contribution in [2.75, 3.05) is 0 Å². The summed E-state index contributed by atoms with van der Waals surface area (Å²) in [5.41, 5.74) is 3.05. The minimum Gasteiger partial charge on any atom is -0.488 e. The molecule has 3 rings (SSSR count). The quantitative estimate of drug-likeness (QED) is 0.798. The van der Waals surface area contributed by atoms with E-state index in [1.54, 1.807) is 0 Å². The molecule has 1 heterocycles. The molecule has 2 aromatic rings. The number of aryl methyl sites for hydroxylation is 1. The summed E-state index contributed by atoms with van der Waals surface area (Å²) in [5, 5.41) is 1.78. The third kappa shape index (κ3) is 2.55. The second kappa shape index (κ2) is 4.68. The molecule has 1 aromatic carbocycles. The molecule has 2 nitrogen and oxygen atoms in total. The van der Waals surface area contributed by atoms with Gasteiger partial charge in [-0.1, -0.05) is 25.4 Å². The summed E-state index contributed by atoms with van der Waals surface area (Å²) in [4.78, 5) is 4.60. The van der Waals surface area contributed by atoms with Gasteiger partial charge in [-0.15, -0.1) is 0 Å². The van der Waals surface area contributed by atoms with Gasteiger partial charge in [-0.25, -0.2) is 4.98 Å². The Morgan fingerprint density at radius 1 is 1.26 bits per heavy atom. The molecule has 0 amide bonds. The zero-order valence-electron chi connectivity index (χ0n) is 11.5. The van der Waals surface area contributed by atoms with Crippen LogP contribution < -0.4 is 4.74 Å². The van der Waals surface area contributed by atoms with Crippen LogP contribution in [0, 0.1) is 6.92 Å². The van der Waals surface area contributed by atoms with Crippen LogP contribution in [0.5, 0.6) is 5.75 Å². The molecular weight excluding hydrogens is 258 g/mol. The number of benzene rings is 1. The first kappa shape index (κ1) is 12.7. The lowest BCUT2D eigenvalue weighted by Crippen LogP contribution is -2.00. The van der Waals surface area contributed by atoms with Crippen LogP contribution in [0.15, 0.2) is 18.2 Å². The molecule has 100 valence electrons. The summed E-state index contributed by atoms with van der Waals surface area (Å²) in [6, 6.07) is 6.29. The summed E-state index contributed by atoms with van der Waals surface area (Å²) in [6.45, 7) is 6.30. The third-order valence-corrected chi connectivity index (χ3v) is 3.90. The Hall–Kier alpha value is -1.28. The van der Waals surface area contributed by atoms with E-state index in [1.807, 2.05) is 13.0 Å². The summed E-state index contributed by atoms with van der Waals surface area (Å²) in [6.07, 6.45) is 2.68. The molecule has 0 radical (unpaired) electrons. The summed E-state index contributed by atoms with van der Waals surface area (Å²) in [5.74, 6) is 1.37. The van der Waals surface area contributed by atoms with E-state index in [0.717, 1.165) is 35.2 Å². The minimum atomic E-state index is 0.378. The van der Waals surface area contributed by atoms with Gasteiger partial charge in [0.25, 0.3) is 0 Å². The highest BCUT2D eigenvalue weighted by Crippen LogP contribution is 2.35. The number of nitrogens with zero attached hydrogens (tertiary/aromatic N) is 1. The SMILES string of the molecule is Cc1nc2c(OC3CC3)cc(C(C)C)cc2cc1Cl. The fraction of sp³-hybridized carbons (Fsp3) is 0.438. The van der Waals surface area contributed by atoms with Gasteiger partial charge in [0.15, 0.2) is 0 Å². The van der Waals surface area contributed by atoms with E-state index >= 15 is 0 Å². The Bertz CT molecular complexity index is 632. The van der Waals surface area contributed by atoms with E-state index in [-0.39, 0.29) is 0 Å². The van der Waals surface area contributed by atoms with Crippen molar-refractivity contribution in [3.8, 4) is 5.75 Å². The average Bonchev–Trinajstić information content (AvgIpc) is 3.15. The third-order valence-electron chi connectivity index (χ3n) is 3.52. The number of ether oxygens (including phenoxy) is 1.